The molecule has 1 aliphatic carbocycles. The van der Waals surface area contributed by atoms with Crippen LogP contribution in [0.5, 0.6) is 0 Å². The Morgan fingerprint density at radius 2 is 2.26 bits per heavy atom. The molecule has 1 unspecified atom stereocenters. The van der Waals surface area contributed by atoms with Gasteiger partial charge >= 0.3 is 5.97 Å². The van der Waals surface area contributed by atoms with Crippen molar-refractivity contribution < 1.29 is 9.53 Å². The molecule has 0 N–H and O–H groups in total. The van der Waals surface area contributed by atoms with Crippen molar-refractivity contribution >= 4 is 17.0 Å². The zero-order chi connectivity index (χ0) is 16.4. The lowest BCUT2D eigenvalue weighted by atomic mass is 9.95. The SMILES string of the molecule is Cc1cc(C(=O)OCC2CC=CCC2)c2cnn(C(C)C)c2n1. The first-order valence-electron chi connectivity index (χ1n) is 8.23. The van der Waals surface area contributed by atoms with Gasteiger partial charge in [0.1, 0.15) is 0 Å². The summed E-state index contributed by atoms with van der Waals surface area (Å²) in [5.74, 6) is 0.152. The Morgan fingerprint density at radius 3 is 2.96 bits per heavy atom. The van der Waals surface area contributed by atoms with Gasteiger partial charge in [-0.1, -0.05) is 12.2 Å². The normalized spacial score (nSPS) is 17.8. The number of ether oxygens (including phenoxy) is 1. The Morgan fingerprint density at radius 1 is 1.43 bits per heavy atom. The standard InChI is InChI=1S/C18H23N3O2/c1-12(2)21-17-16(10-19-21)15(9-13(3)20-17)18(22)23-11-14-7-5-4-6-8-14/h4-5,9-10,12,14H,6-8,11H2,1-3H3. The van der Waals surface area contributed by atoms with E-state index >= 15 is 0 Å². The molecule has 3 rings (SSSR count). The number of pyridine rings is 1. The molecule has 5 nitrogen and oxygen atoms in total. The number of rotatable bonds is 4. The van der Waals surface area contributed by atoms with Gasteiger partial charge in [0, 0.05) is 11.7 Å². The van der Waals surface area contributed by atoms with Gasteiger partial charge in [-0.15, -0.1) is 0 Å². The first kappa shape index (κ1) is 15.7. The van der Waals surface area contributed by atoms with E-state index in [1.807, 2.05) is 25.5 Å². The highest BCUT2D eigenvalue weighted by molar-refractivity contribution is 6.02. The molecule has 2 aromatic heterocycles. The Hall–Kier alpha value is -2.17. The van der Waals surface area contributed by atoms with E-state index in [1.54, 1.807) is 12.3 Å². The molecule has 23 heavy (non-hydrogen) atoms. The molecule has 0 fully saturated rings. The largest absolute Gasteiger partial charge is 0.462 e. The number of carbonyl (C=O) groups excluding carboxylic acids is 1. The average Bonchev–Trinajstić information content (AvgIpc) is 2.96. The third kappa shape index (κ3) is 3.28. The first-order valence-corrected chi connectivity index (χ1v) is 8.23. The van der Waals surface area contributed by atoms with Crippen LogP contribution in [0.4, 0.5) is 0 Å². The summed E-state index contributed by atoms with van der Waals surface area (Å²) in [6.45, 7) is 6.46. The van der Waals surface area contributed by atoms with Crippen molar-refractivity contribution in [3.05, 3.63) is 35.7 Å². The van der Waals surface area contributed by atoms with Gasteiger partial charge in [-0.2, -0.15) is 5.10 Å². The zero-order valence-corrected chi connectivity index (χ0v) is 14.0. The molecule has 0 bridgehead atoms. The lowest BCUT2D eigenvalue weighted by Crippen LogP contribution is -2.16. The van der Waals surface area contributed by atoms with E-state index in [0.717, 1.165) is 36.0 Å². The smallest absolute Gasteiger partial charge is 0.339 e. The third-order valence-corrected chi connectivity index (χ3v) is 4.23. The van der Waals surface area contributed by atoms with Crippen LogP contribution in [-0.2, 0) is 4.74 Å². The number of aryl methyl sites for hydroxylation is 1. The summed E-state index contributed by atoms with van der Waals surface area (Å²) in [6, 6.07) is 1.98. The quantitative estimate of drug-likeness (QED) is 0.636. The Bertz CT molecular complexity index is 746. The molecule has 5 heteroatoms. The van der Waals surface area contributed by atoms with Crippen LogP contribution in [-0.4, -0.2) is 27.3 Å². The van der Waals surface area contributed by atoms with Gasteiger partial charge in [0.15, 0.2) is 5.65 Å². The second-order valence-electron chi connectivity index (χ2n) is 6.48. The first-order chi connectivity index (χ1) is 11.1. The molecular formula is C18H23N3O2. The van der Waals surface area contributed by atoms with E-state index in [-0.39, 0.29) is 12.0 Å². The van der Waals surface area contributed by atoms with E-state index in [4.69, 9.17) is 4.74 Å². The molecule has 2 heterocycles. The molecule has 122 valence electrons. The van der Waals surface area contributed by atoms with E-state index in [1.165, 1.54) is 0 Å². The van der Waals surface area contributed by atoms with Crippen molar-refractivity contribution in [1.82, 2.24) is 14.8 Å². The highest BCUT2D eigenvalue weighted by Gasteiger charge is 2.19. The predicted molar refractivity (Wildman–Crippen MR) is 89.4 cm³/mol. The fourth-order valence-electron chi connectivity index (χ4n) is 2.97. The molecule has 0 saturated carbocycles. The Balaban J connectivity index is 1.83. The maximum Gasteiger partial charge on any atom is 0.339 e. The van der Waals surface area contributed by atoms with Crippen LogP contribution in [0.3, 0.4) is 0 Å². The number of fused-ring (bicyclic) bond motifs is 1. The average molecular weight is 313 g/mol. The fraction of sp³-hybridized carbons (Fsp3) is 0.500. The van der Waals surface area contributed by atoms with E-state index in [9.17, 15) is 4.79 Å². The lowest BCUT2D eigenvalue weighted by Gasteiger charge is -2.17. The van der Waals surface area contributed by atoms with Crippen LogP contribution in [0.25, 0.3) is 11.0 Å². The highest BCUT2D eigenvalue weighted by atomic mass is 16.5. The van der Waals surface area contributed by atoms with Gasteiger partial charge in [0.25, 0.3) is 0 Å². The monoisotopic (exact) mass is 313 g/mol. The van der Waals surface area contributed by atoms with Gasteiger partial charge in [0.05, 0.1) is 23.8 Å². The van der Waals surface area contributed by atoms with Gasteiger partial charge in [-0.05, 0) is 52.0 Å². The second kappa shape index (κ2) is 6.52. The maximum atomic E-state index is 12.5. The van der Waals surface area contributed by atoms with Crippen molar-refractivity contribution in [3.8, 4) is 0 Å². The predicted octanol–water partition coefficient (Wildman–Crippen LogP) is 3.83. The van der Waals surface area contributed by atoms with Gasteiger partial charge < -0.3 is 4.74 Å². The van der Waals surface area contributed by atoms with Crippen molar-refractivity contribution in [2.75, 3.05) is 6.61 Å². The van der Waals surface area contributed by atoms with Crippen LogP contribution < -0.4 is 0 Å². The molecule has 0 amide bonds. The van der Waals surface area contributed by atoms with E-state index in [0.29, 0.717) is 18.1 Å². The number of esters is 1. The molecule has 2 aromatic rings. The molecule has 0 saturated heterocycles. The van der Waals surface area contributed by atoms with Crippen molar-refractivity contribution in [1.29, 1.82) is 0 Å². The van der Waals surface area contributed by atoms with Crippen LogP contribution in [0.15, 0.2) is 24.4 Å². The fourth-order valence-corrected chi connectivity index (χ4v) is 2.97. The molecule has 0 aliphatic heterocycles. The lowest BCUT2D eigenvalue weighted by molar-refractivity contribution is 0.0434. The number of carbonyl (C=O) groups is 1. The molecule has 1 atom stereocenters. The third-order valence-electron chi connectivity index (χ3n) is 4.23. The summed E-state index contributed by atoms with van der Waals surface area (Å²) < 4.78 is 7.40. The minimum absolute atomic E-state index is 0.194. The summed E-state index contributed by atoms with van der Waals surface area (Å²) in [5, 5.41) is 5.13. The summed E-state index contributed by atoms with van der Waals surface area (Å²) in [4.78, 5) is 17.1. The van der Waals surface area contributed by atoms with Crippen molar-refractivity contribution in [2.45, 2.75) is 46.1 Å². The number of allylic oxidation sites excluding steroid dienone is 2. The number of hydrogen-bond acceptors (Lipinski definition) is 4. The van der Waals surface area contributed by atoms with Crippen molar-refractivity contribution in [2.24, 2.45) is 5.92 Å². The number of aromatic nitrogens is 3. The molecule has 0 spiro atoms. The van der Waals surface area contributed by atoms with Gasteiger partial charge in [-0.25, -0.2) is 14.5 Å². The molecule has 1 aliphatic rings. The minimum atomic E-state index is -0.279. The van der Waals surface area contributed by atoms with Crippen LogP contribution >= 0.6 is 0 Å². The Kier molecular flexibility index (Phi) is 4.46. The van der Waals surface area contributed by atoms with Crippen LogP contribution in [0.2, 0.25) is 0 Å². The summed E-state index contributed by atoms with van der Waals surface area (Å²) in [6.07, 6.45) is 9.21. The van der Waals surface area contributed by atoms with E-state index in [2.05, 4.69) is 22.2 Å². The zero-order valence-electron chi connectivity index (χ0n) is 14.0. The summed E-state index contributed by atoms with van der Waals surface area (Å²) in [5.41, 5.74) is 2.10. The topological polar surface area (TPSA) is 57.0 Å². The maximum absolute atomic E-state index is 12.5. The van der Waals surface area contributed by atoms with E-state index < -0.39 is 0 Å². The highest BCUT2D eigenvalue weighted by Crippen LogP contribution is 2.23. The summed E-state index contributed by atoms with van der Waals surface area (Å²) in [7, 11) is 0. The number of nitrogens with zero attached hydrogens (tertiary/aromatic N) is 3. The van der Waals surface area contributed by atoms with Crippen molar-refractivity contribution in [3.63, 3.8) is 0 Å². The van der Waals surface area contributed by atoms with Gasteiger partial charge in [0.2, 0.25) is 0 Å². The molecular weight excluding hydrogens is 290 g/mol. The number of hydrogen-bond donors (Lipinski definition) is 0. The second-order valence-corrected chi connectivity index (χ2v) is 6.48. The minimum Gasteiger partial charge on any atom is -0.462 e. The summed E-state index contributed by atoms with van der Waals surface area (Å²) >= 11 is 0. The van der Waals surface area contributed by atoms with Gasteiger partial charge in [-0.3, -0.25) is 0 Å². The molecule has 0 aromatic carbocycles. The molecule has 0 radical (unpaired) electrons. The van der Waals surface area contributed by atoms with Crippen LogP contribution in [0.1, 0.15) is 55.2 Å². The van der Waals surface area contributed by atoms with Crippen LogP contribution in [0, 0.1) is 12.8 Å². The Labute approximate surface area is 136 Å².